The average Bonchev–Trinajstić information content (AvgIpc) is 2.55. The highest BCUT2D eigenvalue weighted by molar-refractivity contribution is 7.92. The van der Waals surface area contributed by atoms with Gasteiger partial charge in [-0.2, -0.15) is 0 Å². The molecule has 0 heterocycles. The molecule has 134 valence electrons. The van der Waals surface area contributed by atoms with Gasteiger partial charge in [-0.25, -0.2) is 12.8 Å². The van der Waals surface area contributed by atoms with E-state index in [4.69, 9.17) is 16.3 Å². The van der Waals surface area contributed by atoms with Crippen molar-refractivity contribution in [3.63, 3.8) is 0 Å². The molecule has 0 aliphatic carbocycles. The number of sulfonamides is 1. The summed E-state index contributed by atoms with van der Waals surface area (Å²) in [7, 11) is 0.223. The number of nitrogens with zero attached hydrogens (tertiary/aromatic N) is 1. The van der Waals surface area contributed by atoms with Gasteiger partial charge in [0.15, 0.2) is 0 Å². The maximum Gasteiger partial charge on any atom is 0.264 e. The minimum atomic E-state index is -4.24. The number of ether oxygens (including phenoxy) is 1. The first-order chi connectivity index (χ1) is 11.7. The Morgan fingerprint density at radius 1 is 1.20 bits per heavy atom. The smallest absolute Gasteiger partial charge is 0.264 e. The van der Waals surface area contributed by atoms with Gasteiger partial charge in [-0.05, 0) is 30.3 Å². The third-order valence-corrected chi connectivity index (χ3v) is 5.02. The van der Waals surface area contributed by atoms with Crippen LogP contribution in [0.25, 0.3) is 0 Å². The van der Waals surface area contributed by atoms with Crippen molar-refractivity contribution in [3.05, 3.63) is 52.8 Å². The van der Waals surface area contributed by atoms with Gasteiger partial charge >= 0.3 is 0 Å². The van der Waals surface area contributed by atoms with Crippen molar-refractivity contribution in [1.29, 1.82) is 0 Å². The lowest BCUT2D eigenvalue weighted by Gasteiger charge is -2.14. The molecule has 0 saturated heterocycles. The fraction of sp³-hybridized carbons (Fsp3) is 0.188. The first-order valence-electron chi connectivity index (χ1n) is 7.03. The first kappa shape index (κ1) is 19.0. The second kappa shape index (κ2) is 7.28. The average molecular weight is 387 g/mol. The standard InChI is InChI=1S/C16H16ClFN2O4S/c1-20(2)16(21)10-4-6-12(17)14(8-10)19-25(22,23)15-7-5-11(24-3)9-13(15)18/h4-9,19H,1-3H3. The topological polar surface area (TPSA) is 75.7 Å². The minimum absolute atomic E-state index is 0.0235. The highest BCUT2D eigenvalue weighted by atomic mass is 35.5. The molecule has 0 radical (unpaired) electrons. The van der Waals surface area contributed by atoms with Crippen LogP contribution >= 0.6 is 11.6 Å². The van der Waals surface area contributed by atoms with Crippen LogP contribution in [0, 0.1) is 5.82 Å². The van der Waals surface area contributed by atoms with Crippen LogP contribution in [0.15, 0.2) is 41.3 Å². The molecule has 0 aromatic heterocycles. The number of rotatable bonds is 5. The van der Waals surface area contributed by atoms with Gasteiger partial charge in [0, 0.05) is 25.7 Å². The molecule has 0 atom stereocenters. The third kappa shape index (κ3) is 4.21. The van der Waals surface area contributed by atoms with Crippen molar-refractivity contribution < 1.29 is 22.3 Å². The largest absolute Gasteiger partial charge is 0.497 e. The maximum atomic E-state index is 14.1. The predicted molar refractivity (Wildman–Crippen MR) is 93.2 cm³/mol. The van der Waals surface area contributed by atoms with E-state index < -0.39 is 20.7 Å². The molecule has 9 heteroatoms. The van der Waals surface area contributed by atoms with Crippen molar-refractivity contribution in [2.45, 2.75) is 4.90 Å². The van der Waals surface area contributed by atoms with E-state index in [2.05, 4.69) is 4.72 Å². The number of hydrogen-bond acceptors (Lipinski definition) is 4. The zero-order valence-corrected chi connectivity index (χ0v) is 15.3. The molecule has 2 aromatic rings. The molecule has 6 nitrogen and oxygen atoms in total. The minimum Gasteiger partial charge on any atom is -0.497 e. The number of carbonyl (C=O) groups excluding carboxylic acids is 1. The predicted octanol–water partition coefficient (Wildman–Crippen LogP) is 2.99. The number of nitrogens with one attached hydrogen (secondary N) is 1. The van der Waals surface area contributed by atoms with Gasteiger partial charge in [-0.15, -0.1) is 0 Å². The summed E-state index contributed by atoms with van der Waals surface area (Å²) in [6, 6.07) is 7.52. The fourth-order valence-electron chi connectivity index (χ4n) is 2.02. The second-order valence-corrected chi connectivity index (χ2v) is 7.35. The molecular weight excluding hydrogens is 371 g/mol. The van der Waals surface area contributed by atoms with Gasteiger partial charge in [0.25, 0.3) is 15.9 Å². The van der Waals surface area contributed by atoms with Gasteiger partial charge in [0.1, 0.15) is 16.5 Å². The van der Waals surface area contributed by atoms with Crippen molar-refractivity contribution >= 4 is 33.2 Å². The van der Waals surface area contributed by atoms with Crippen molar-refractivity contribution in [3.8, 4) is 5.75 Å². The normalized spacial score (nSPS) is 11.1. The van der Waals surface area contributed by atoms with E-state index in [1.54, 1.807) is 14.1 Å². The van der Waals surface area contributed by atoms with E-state index in [9.17, 15) is 17.6 Å². The van der Waals surface area contributed by atoms with Crippen molar-refractivity contribution in [1.82, 2.24) is 4.90 Å². The Bertz CT molecular complexity index is 916. The van der Waals surface area contributed by atoms with E-state index >= 15 is 0 Å². The number of halogens is 2. The Hall–Kier alpha value is -2.32. The zero-order valence-electron chi connectivity index (χ0n) is 13.7. The molecule has 2 aromatic carbocycles. The summed E-state index contributed by atoms with van der Waals surface area (Å²) in [5, 5.41) is 0.0767. The first-order valence-corrected chi connectivity index (χ1v) is 8.89. The maximum absolute atomic E-state index is 14.1. The van der Waals surface area contributed by atoms with Gasteiger partial charge < -0.3 is 9.64 Å². The van der Waals surface area contributed by atoms with Crippen LogP contribution in [0.3, 0.4) is 0 Å². The molecule has 0 fully saturated rings. The summed E-state index contributed by atoms with van der Waals surface area (Å²) >= 11 is 6.00. The van der Waals surface area contributed by atoms with E-state index in [1.165, 1.54) is 36.3 Å². The fourth-order valence-corrected chi connectivity index (χ4v) is 3.37. The molecule has 25 heavy (non-hydrogen) atoms. The lowest BCUT2D eigenvalue weighted by Crippen LogP contribution is -2.22. The molecular formula is C16H16ClFN2O4S. The quantitative estimate of drug-likeness (QED) is 0.857. The van der Waals surface area contributed by atoms with E-state index in [1.807, 2.05) is 0 Å². The van der Waals surface area contributed by atoms with E-state index in [0.717, 1.165) is 12.1 Å². The number of anilines is 1. The number of benzene rings is 2. The number of methoxy groups -OCH3 is 1. The summed E-state index contributed by atoms with van der Waals surface area (Å²) in [4.78, 5) is 12.8. The SMILES string of the molecule is COc1ccc(S(=O)(=O)Nc2cc(C(=O)N(C)C)ccc2Cl)c(F)c1. The Morgan fingerprint density at radius 2 is 1.88 bits per heavy atom. The third-order valence-electron chi connectivity index (χ3n) is 3.29. The summed E-state index contributed by atoms with van der Waals surface area (Å²) in [5.74, 6) is -1.11. The Kier molecular flexibility index (Phi) is 5.54. The van der Waals surface area contributed by atoms with Gasteiger partial charge in [-0.3, -0.25) is 9.52 Å². The summed E-state index contributed by atoms with van der Waals surface area (Å²) in [5.41, 5.74) is 0.215. The van der Waals surface area contributed by atoms with E-state index in [-0.39, 0.29) is 27.9 Å². The molecule has 1 amide bonds. The number of amides is 1. The lowest BCUT2D eigenvalue weighted by molar-refractivity contribution is 0.0827. The van der Waals surface area contributed by atoms with Gasteiger partial charge in [0.05, 0.1) is 17.8 Å². The highest BCUT2D eigenvalue weighted by Gasteiger charge is 2.21. The summed E-state index contributed by atoms with van der Waals surface area (Å²) in [6.07, 6.45) is 0. The Morgan fingerprint density at radius 3 is 2.44 bits per heavy atom. The molecule has 0 bridgehead atoms. The van der Waals surface area contributed by atoms with E-state index in [0.29, 0.717) is 0 Å². The number of hydrogen-bond donors (Lipinski definition) is 1. The molecule has 0 aliphatic heterocycles. The van der Waals surface area contributed by atoms with Crippen LogP contribution in [-0.4, -0.2) is 40.4 Å². The summed E-state index contributed by atoms with van der Waals surface area (Å²) < 4.78 is 46.0. The van der Waals surface area contributed by atoms with Crippen LogP contribution in [0.5, 0.6) is 5.75 Å². The molecule has 0 unspecified atom stereocenters. The highest BCUT2D eigenvalue weighted by Crippen LogP contribution is 2.28. The molecule has 0 saturated carbocycles. The molecule has 2 rings (SSSR count). The van der Waals surface area contributed by atoms with Crippen LogP contribution in [0.1, 0.15) is 10.4 Å². The van der Waals surface area contributed by atoms with Crippen molar-refractivity contribution in [2.24, 2.45) is 0 Å². The Balaban J connectivity index is 2.41. The lowest BCUT2D eigenvalue weighted by atomic mass is 10.2. The van der Waals surface area contributed by atoms with Gasteiger partial charge in [0.2, 0.25) is 0 Å². The Labute approximate surface area is 150 Å². The second-order valence-electron chi connectivity index (χ2n) is 5.30. The number of carbonyl (C=O) groups is 1. The van der Waals surface area contributed by atoms with Crippen LogP contribution < -0.4 is 9.46 Å². The molecule has 0 spiro atoms. The molecule has 0 aliphatic rings. The van der Waals surface area contributed by atoms with Crippen LogP contribution in [-0.2, 0) is 10.0 Å². The summed E-state index contributed by atoms with van der Waals surface area (Å²) in [6.45, 7) is 0. The van der Waals surface area contributed by atoms with Crippen molar-refractivity contribution in [2.75, 3.05) is 25.9 Å². The van der Waals surface area contributed by atoms with Crippen LogP contribution in [0.4, 0.5) is 10.1 Å². The monoisotopic (exact) mass is 386 g/mol. The van der Waals surface area contributed by atoms with Gasteiger partial charge in [-0.1, -0.05) is 11.6 Å². The van der Waals surface area contributed by atoms with Crippen LogP contribution in [0.2, 0.25) is 5.02 Å². The molecule has 1 N–H and O–H groups in total. The zero-order chi connectivity index (χ0) is 18.8.